The molecule has 0 bridgehead atoms. The predicted octanol–water partition coefficient (Wildman–Crippen LogP) is 5.76. The van der Waals surface area contributed by atoms with Gasteiger partial charge in [-0.15, -0.1) is 12.4 Å². The zero-order chi connectivity index (χ0) is 15.7. The number of nitrogens with two attached hydrogens (primary N) is 1. The number of benzene rings is 1. The second kappa shape index (κ2) is 6.95. The lowest BCUT2D eigenvalue weighted by atomic mass is 9.69. The summed E-state index contributed by atoms with van der Waals surface area (Å²) in [6, 6.07) is 7.70. The van der Waals surface area contributed by atoms with Gasteiger partial charge in [-0.25, -0.2) is 0 Å². The van der Waals surface area contributed by atoms with Crippen molar-refractivity contribution in [2.45, 2.75) is 65.9 Å². The first-order valence-corrected chi connectivity index (χ1v) is 7.93. The van der Waals surface area contributed by atoms with E-state index in [4.69, 9.17) is 10.5 Å². The summed E-state index contributed by atoms with van der Waals surface area (Å²) >= 11 is 0. The molecule has 1 aromatic carbocycles. The molecule has 124 valence electrons. The summed E-state index contributed by atoms with van der Waals surface area (Å²) < 4.78 is 6.21. The molecule has 3 heteroatoms. The van der Waals surface area contributed by atoms with Crippen molar-refractivity contribution >= 4 is 18.1 Å². The second-order valence-corrected chi connectivity index (χ2v) is 7.61. The molecule has 0 heterocycles. The molecule has 0 radical (unpaired) electrons. The minimum Gasteiger partial charge on any atom is -0.487 e. The molecular formula is C19H30ClNO. The lowest BCUT2D eigenvalue weighted by molar-refractivity contribution is 0.101. The molecule has 0 saturated heterocycles. The number of ether oxygens (including phenoxy) is 1. The molecule has 0 atom stereocenters. The predicted molar refractivity (Wildman–Crippen MR) is 97.8 cm³/mol. The Morgan fingerprint density at radius 1 is 1.27 bits per heavy atom. The first-order chi connectivity index (χ1) is 9.70. The molecule has 0 saturated carbocycles. The molecule has 0 aliphatic heterocycles. The first-order valence-electron chi connectivity index (χ1n) is 7.93. The largest absolute Gasteiger partial charge is 0.487 e. The van der Waals surface area contributed by atoms with Crippen LogP contribution in [-0.4, -0.2) is 5.60 Å². The standard InChI is InChI=1S/C19H29NO.ClH/c1-14-8-7-11-18(2,3)17(14)13-19(4,5)21-16-10-6-9-15(20)12-16;/h6,9-10,12H,7-8,11,13,20H2,1-5H3;1H. The number of anilines is 1. The highest BCUT2D eigenvalue weighted by molar-refractivity contribution is 5.85. The highest BCUT2D eigenvalue weighted by atomic mass is 35.5. The van der Waals surface area contributed by atoms with Gasteiger partial charge in [0, 0.05) is 18.2 Å². The van der Waals surface area contributed by atoms with Gasteiger partial charge in [-0.1, -0.05) is 31.1 Å². The SMILES string of the molecule is CC1=C(CC(C)(C)Oc2cccc(N)c2)C(C)(C)CCC1.Cl. The van der Waals surface area contributed by atoms with E-state index in [-0.39, 0.29) is 18.0 Å². The number of nitrogen functional groups attached to an aromatic ring is 1. The van der Waals surface area contributed by atoms with Crippen LogP contribution < -0.4 is 10.5 Å². The Labute approximate surface area is 141 Å². The Morgan fingerprint density at radius 2 is 1.95 bits per heavy atom. The quantitative estimate of drug-likeness (QED) is 0.564. The van der Waals surface area contributed by atoms with Crippen LogP contribution in [0.15, 0.2) is 35.4 Å². The summed E-state index contributed by atoms with van der Waals surface area (Å²) in [5.74, 6) is 0.854. The first kappa shape index (κ1) is 18.9. The molecule has 0 spiro atoms. The van der Waals surface area contributed by atoms with Gasteiger partial charge in [0.2, 0.25) is 0 Å². The molecule has 0 fully saturated rings. The third kappa shape index (κ3) is 4.67. The van der Waals surface area contributed by atoms with Gasteiger partial charge >= 0.3 is 0 Å². The fraction of sp³-hybridized carbons (Fsp3) is 0.579. The minimum atomic E-state index is -0.223. The van der Waals surface area contributed by atoms with Crippen molar-refractivity contribution < 1.29 is 4.74 Å². The van der Waals surface area contributed by atoms with Crippen molar-refractivity contribution in [1.29, 1.82) is 0 Å². The Morgan fingerprint density at radius 3 is 2.55 bits per heavy atom. The van der Waals surface area contributed by atoms with Crippen molar-refractivity contribution in [2.24, 2.45) is 5.41 Å². The maximum Gasteiger partial charge on any atom is 0.122 e. The third-order valence-corrected chi connectivity index (χ3v) is 4.54. The van der Waals surface area contributed by atoms with Gasteiger partial charge in [0.05, 0.1) is 0 Å². The van der Waals surface area contributed by atoms with Crippen LogP contribution in [0.5, 0.6) is 5.75 Å². The van der Waals surface area contributed by atoms with Crippen LogP contribution >= 0.6 is 12.4 Å². The fourth-order valence-electron chi connectivity index (χ4n) is 3.42. The summed E-state index contributed by atoms with van der Waals surface area (Å²) in [4.78, 5) is 0. The fourth-order valence-corrected chi connectivity index (χ4v) is 3.42. The maximum atomic E-state index is 6.21. The van der Waals surface area contributed by atoms with E-state index < -0.39 is 0 Å². The minimum absolute atomic E-state index is 0. The van der Waals surface area contributed by atoms with Crippen LogP contribution in [0.2, 0.25) is 0 Å². The van der Waals surface area contributed by atoms with Crippen LogP contribution in [0.3, 0.4) is 0 Å². The van der Waals surface area contributed by atoms with Gasteiger partial charge in [-0.3, -0.25) is 0 Å². The Bertz CT molecular complexity index is 546. The Kier molecular flexibility index (Phi) is 5.97. The van der Waals surface area contributed by atoms with E-state index in [0.717, 1.165) is 17.9 Å². The van der Waals surface area contributed by atoms with Crippen molar-refractivity contribution in [3.05, 3.63) is 35.4 Å². The zero-order valence-corrected chi connectivity index (χ0v) is 15.3. The lowest BCUT2D eigenvalue weighted by Crippen LogP contribution is -2.33. The normalized spacial score (nSPS) is 17.9. The zero-order valence-electron chi connectivity index (χ0n) is 14.5. The lowest BCUT2D eigenvalue weighted by Gasteiger charge is -2.39. The van der Waals surface area contributed by atoms with Crippen LogP contribution in [0, 0.1) is 5.41 Å². The van der Waals surface area contributed by atoms with Gasteiger partial charge in [0.15, 0.2) is 0 Å². The monoisotopic (exact) mass is 323 g/mol. The average Bonchev–Trinajstić information content (AvgIpc) is 2.33. The van der Waals surface area contributed by atoms with E-state index >= 15 is 0 Å². The summed E-state index contributed by atoms with van der Waals surface area (Å²) in [7, 11) is 0. The molecule has 0 amide bonds. The maximum absolute atomic E-state index is 6.21. The molecule has 1 aliphatic rings. The average molecular weight is 324 g/mol. The molecule has 22 heavy (non-hydrogen) atoms. The van der Waals surface area contributed by atoms with E-state index in [1.165, 1.54) is 19.3 Å². The number of allylic oxidation sites excluding steroid dienone is 1. The summed E-state index contributed by atoms with van der Waals surface area (Å²) in [5.41, 5.74) is 9.77. The third-order valence-electron chi connectivity index (χ3n) is 4.54. The molecule has 2 N–H and O–H groups in total. The summed E-state index contributed by atoms with van der Waals surface area (Å²) in [6.45, 7) is 11.3. The molecule has 1 aromatic rings. The molecular weight excluding hydrogens is 294 g/mol. The van der Waals surface area contributed by atoms with Crippen LogP contribution in [0.25, 0.3) is 0 Å². The topological polar surface area (TPSA) is 35.2 Å². The second-order valence-electron chi connectivity index (χ2n) is 7.61. The van der Waals surface area contributed by atoms with Gasteiger partial charge in [0.1, 0.15) is 11.4 Å². The number of hydrogen-bond donors (Lipinski definition) is 1. The van der Waals surface area contributed by atoms with Gasteiger partial charge < -0.3 is 10.5 Å². The molecule has 2 rings (SSSR count). The Hall–Kier alpha value is -1.15. The summed E-state index contributed by atoms with van der Waals surface area (Å²) in [6.07, 6.45) is 4.78. The van der Waals surface area contributed by atoms with E-state index in [2.05, 4.69) is 34.6 Å². The van der Waals surface area contributed by atoms with Crippen LogP contribution in [-0.2, 0) is 0 Å². The Balaban J connectivity index is 0.00000242. The van der Waals surface area contributed by atoms with E-state index in [1.807, 2.05) is 24.3 Å². The smallest absolute Gasteiger partial charge is 0.122 e. The van der Waals surface area contributed by atoms with Crippen molar-refractivity contribution in [3.8, 4) is 5.75 Å². The molecule has 2 nitrogen and oxygen atoms in total. The van der Waals surface area contributed by atoms with Gasteiger partial charge in [0.25, 0.3) is 0 Å². The van der Waals surface area contributed by atoms with Gasteiger partial charge in [-0.05, 0) is 57.6 Å². The number of halogens is 1. The molecule has 1 aliphatic carbocycles. The number of rotatable bonds is 4. The summed E-state index contributed by atoms with van der Waals surface area (Å²) in [5, 5.41) is 0. The van der Waals surface area contributed by atoms with Crippen LogP contribution in [0.4, 0.5) is 5.69 Å². The van der Waals surface area contributed by atoms with Crippen molar-refractivity contribution in [2.75, 3.05) is 5.73 Å². The highest BCUT2D eigenvalue weighted by Crippen LogP contribution is 2.44. The van der Waals surface area contributed by atoms with E-state index in [0.29, 0.717) is 5.41 Å². The van der Waals surface area contributed by atoms with Crippen LogP contribution in [0.1, 0.15) is 60.3 Å². The van der Waals surface area contributed by atoms with E-state index in [1.54, 1.807) is 11.1 Å². The number of hydrogen-bond acceptors (Lipinski definition) is 2. The van der Waals surface area contributed by atoms with Gasteiger partial charge in [-0.2, -0.15) is 0 Å². The highest BCUT2D eigenvalue weighted by Gasteiger charge is 2.33. The van der Waals surface area contributed by atoms with Crippen molar-refractivity contribution in [1.82, 2.24) is 0 Å². The van der Waals surface area contributed by atoms with E-state index in [9.17, 15) is 0 Å². The molecule has 0 unspecified atom stereocenters. The molecule has 0 aromatic heterocycles. The van der Waals surface area contributed by atoms with Crippen molar-refractivity contribution in [3.63, 3.8) is 0 Å².